The van der Waals surface area contributed by atoms with Crippen molar-refractivity contribution in [2.24, 2.45) is 5.92 Å². The van der Waals surface area contributed by atoms with Crippen LogP contribution in [-0.4, -0.2) is 11.3 Å². The number of ketones is 1. The van der Waals surface area contributed by atoms with E-state index in [4.69, 9.17) is 0 Å². The summed E-state index contributed by atoms with van der Waals surface area (Å²) >= 11 is 0. The van der Waals surface area contributed by atoms with Crippen molar-refractivity contribution in [3.63, 3.8) is 0 Å². The Morgan fingerprint density at radius 3 is 2.48 bits per heavy atom. The Morgan fingerprint density at radius 1 is 1.16 bits per heavy atom. The van der Waals surface area contributed by atoms with Crippen molar-refractivity contribution in [1.29, 1.82) is 0 Å². The van der Waals surface area contributed by atoms with Crippen molar-refractivity contribution >= 4 is 11.5 Å². The van der Waals surface area contributed by atoms with E-state index in [1.165, 1.54) is 36.0 Å². The summed E-state index contributed by atoms with van der Waals surface area (Å²) in [6, 6.07) is 6.80. The molecule has 1 heterocycles. The summed E-state index contributed by atoms with van der Waals surface area (Å²) in [7, 11) is 0. The van der Waals surface area contributed by atoms with Crippen molar-refractivity contribution in [1.82, 2.24) is 5.32 Å². The minimum absolute atomic E-state index is 0.0189. The van der Waals surface area contributed by atoms with Crippen LogP contribution >= 0.6 is 0 Å². The molecule has 3 rings (SSSR count). The first-order chi connectivity index (χ1) is 11.7. The normalized spacial score (nSPS) is 22.4. The van der Waals surface area contributed by atoms with Gasteiger partial charge in [0.25, 0.3) is 0 Å². The molecule has 2 nitrogen and oxygen atoms in total. The summed E-state index contributed by atoms with van der Waals surface area (Å²) in [5, 5.41) is 3.64. The van der Waals surface area contributed by atoms with E-state index in [-0.39, 0.29) is 16.9 Å². The zero-order valence-corrected chi connectivity index (χ0v) is 16.5. The van der Waals surface area contributed by atoms with E-state index >= 15 is 0 Å². The average molecular weight is 340 g/mol. The highest BCUT2D eigenvalue weighted by atomic mass is 16.1. The van der Waals surface area contributed by atoms with Crippen molar-refractivity contribution in [2.75, 3.05) is 0 Å². The molecule has 1 aliphatic carbocycles. The Labute approximate surface area is 153 Å². The average Bonchev–Trinajstić information content (AvgIpc) is 2.53. The summed E-state index contributed by atoms with van der Waals surface area (Å²) in [6.07, 6.45) is 8.68. The fourth-order valence-electron chi connectivity index (χ4n) is 4.16. The Balaban J connectivity index is 1.98. The molecular weight excluding hydrogens is 306 g/mol. The predicted octanol–water partition coefficient (Wildman–Crippen LogP) is 5.40. The van der Waals surface area contributed by atoms with Crippen LogP contribution in [-0.2, 0) is 16.6 Å². The maximum atomic E-state index is 12.9. The number of hydrogen-bond donors (Lipinski definition) is 1. The van der Waals surface area contributed by atoms with Crippen LogP contribution in [0.15, 0.2) is 24.3 Å². The van der Waals surface area contributed by atoms with Crippen LogP contribution in [0.2, 0.25) is 0 Å². The van der Waals surface area contributed by atoms with Crippen molar-refractivity contribution in [3.05, 3.63) is 41.0 Å². The summed E-state index contributed by atoms with van der Waals surface area (Å²) in [5.74, 6) is 0.536. The van der Waals surface area contributed by atoms with Gasteiger partial charge in [-0.15, -0.1) is 0 Å². The van der Waals surface area contributed by atoms with Gasteiger partial charge in [-0.05, 0) is 55.7 Å². The fourth-order valence-corrected chi connectivity index (χ4v) is 4.16. The van der Waals surface area contributed by atoms with Crippen LogP contribution < -0.4 is 5.32 Å². The minimum atomic E-state index is -0.0189. The van der Waals surface area contributed by atoms with E-state index < -0.39 is 0 Å². The van der Waals surface area contributed by atoms with Gasteiger partial charge < -0.3 is 5.32 Å². The number of rotatable bonds is 2. The molecule has 136 valence electrons. The van der Waals surface area contributed by atoms with Crippen LogP contribution in [0.25, 0.3) is 5.70 Å². The molecule has 1 saturated carbocycles. The number of fused-ring (bicyclic) bond motifs is 1. The molecule has 0 spiro atoms. The highest BCUT2D eigenvalue weighted by Gasteiger charge is 2.30. The molecule has 0 unspecified atom stereocenters. The standard InChI is InChI=1S/C23H33NO/c1-22(2,3)18-12-11-17-15-23(4,5)24-20(19(17)13-18)14-21(25)16-9-7-6-8-10-16/h11-14,16,24H,6-10,15H2,1-5H3/b20-14-. The molecule has 0 aromatic heterocycles. The monoisotopic (exact) mass is 339 g/mol. The molecule has 0 bridgehead atoms. The number of allylic oxidation sites excluding steroid dienone is 1. The highest BCUT2D eigenvalue weighted by molar-refractivity contribution is 5.98. The smallest absolute Gasteiger partial charge is 0.160 e. The van der Waals surface area contributed by atoms with Gasteiger partial charge in [-0.1, -0.05) is 52.2 Å². The zero-order valence-electron chi connectivity index (χ0n) is 16.5. The third kappa shape index (κ3) is 4.16. The lowest BCUT2D eigenvalue weighted by Crippen LogP contribution is -2.44. The Morgan fingerprint density at radius 2 is 1.84 bits per heavy atom. The van der Waals surface area contributed by atoms with Crippen LogP contribution in [0.5, 0.6) is 0 Å². The Hall–Kier alpha value is -1.57. The van der Waals surface area contributed by atoms with Gasteiger partial charge in [0.1, 0.15) is 0 Å². The van der Waals surface area contributed by atoms with Crippen LogP contribution in [0, 0.1) is 5.92 Å². The first kappa shape index (κ1) is 18.2. The lowest BCUT2D eigenvalue weighted by Gasteiger charge is -2.36. The maximum absolute atomic E-state index is 12.9. The van der Waals surface area contributed by atoms with Gasteiger partial charge in [0.2, 0.25) is 0 Å². The largest absolute Gasteiger partial charge is 0.379 e. The fraction of sp³-hybridized carbons (Fsp3) is 0.609. The van der Waals surface area contributed by atoms with Crippen molar-refractivity contribution < 1.29 is 4.79 Å². The van der Waals surface area contributed by atoms with Crippen molar-refractivity contribution in [3.8, 4) is 0 Å². The first-order valence-corrected chi connectivity index (χ1v) is 9.83. The number of carbonyl (C=O) groups is 1. The van der Waals surface area contributed by atoms with Gasteiger partial charge in [0.05, 0.1) is 0 Å². The number of nitrogens with one attached hydrogen (secondary N) is 1. The van der Waals surface area contributed by atoms with Gasteiger partial charge in [0, 0.05) is 28.8 Å². The van der Waals surface area contributed by atoms with Gasteiger partial charge in [-0.25, -0.2) is 0 Å². The van der Waals surface area contributed by atoms with E-state index in [9.17, 15) is 4.79 Å². The molecule has 0 amide bonds. The lowest BCUT2D eigenvalue weighted by molar-refractivity contribution is -0.119. The van der Waals surface area contributed by atoms with Crippen molar-refractivity contribution in [2.45, 2.75) is 84.1 Å². The number of benzene rings is 1. The minimum Gasteiger partial charge on any atom is -0.379 e. The predicted molar refractivity (Wildman–Crippen MR) is 106 cm³/mol. The molecule has 1 fully saturated rings. The first-order valence-electron chi connectivity index (χ1n) is 9.83. The van der Waals surface area contributed by atoms with Gasteiger partial charge >= 0.3 is 0 Å². The van der Waals surface area contributed by atoms with Crippen LogP contribution in [0.1, 0.15) is 83.4 Å². The van der Waals surface area contributed by atoms with E-state index in [1.54, 1.807) is 0 Å². The van der Waals surface area contributed by atoms with Gasteiger partial charge in [-0.3, -0.25) is 4.79 Å². The van der Waals surface area contributed by atoms with E-state index in [0.717, 1.165) is 25.0 Å². The number of carbonyl (C=O) groups excluding carboxylic acids is 1. The molecule has 1 aliphatic heterocycles. The molecule has 0 radical (unpaired) electrons. The molecule has 25 heavy (non-hydrogen) atoms. The van der Waals surface area contributed by atoms with Crippen LogP contribution in [0.3, 0.4) is 0 Å². The second-order valence-electron chi connectivity index (χ2n) is 9.60. The SMILES string of the molecule is CC1(C)Cc2ccc(C(C)(C)C)cc2/C(=C/C(=O)C2CCCCC2)N1. The summed E-state index contributed by atoms with van der Waals surface area (Å²) in [5.41, 5.74) is 5.00. The van der Waals surface area contributed by atoms with E-state index in [2.05, 4.69) is 58.1 Å². The summed E-state index contributed by atoms with van der Waals surface area (Å²) in [4.78, 5) is 12.9. The second kappa shape index (κ2) is 6.63. The molecule has 1 aromatic rings. The number of hydrogen-bond acceptors (Lipinski definition) is 2. The molecule has 2 aliphatic rings. The maximum Gasteiger partial charge on any atom is 0.160 e. The zero-order chi connectivity index (χ0) is 18.2. The Bertz CT molecular complexity index is 685. The molecule has 2 heteroatoms. The topological polar surface area (TPSA) is 29.1 Å². The van der Waals surface area contributed by atoms with E-state index in [1.807, 2.05) is 6.08 Å². The summed E-state index contributed by atoms with van der Waals surface area (Å²) < 4.78 is 0. The second-order valence-corrected chi connectivity index (χ2v) is 9.60. The Kier molecular flexibility index (Phi) is 4.83. The van der Waals surface area contributed by atoms with Gasteiger partial charge in [-0.2, -0.15) is 0 Å². The molecular formula is C23H33NO. The van der Waals surface area contributed by atoms with Crippen LogP contribution in [0.4, 0.5) is 0 Å². The lowest BCUT2D eigenvalue weighted by atomic mass is 9.79. The molecule has 1 aromatic carbocycles. The molecule has 1 N–H and O–H groups in total. The van der Waals surface area contributed by atoms with Gasteiger partial charge in [0.15, 0.2) is 5.78 Å². The quantitative estimate of drug-likeness (QED) is 0.731. The highest BCUT2D eigenvalue weighted by Crippen LogP contribution is 2.34. The third-order valence-corrected chi connectivity index (χ3v) is 5.67. The molecule has 0 saturated heterocycles. The molecule has 0 atom stereocenters. The summed E-state index contributed by atoms with van der Waals surface area (Å²) in [6.45, 7) is 11.2. The van der Waals surface area contributed by atoms with E-state index in [0.29, 0.717) is 5.78 Å². The third-order valence-electron chi connectivity index (χ3n) is 5.67.